The average Bonchev–Trinajstić information content (AvgIpc) is 3.18. The minimum Gasteiger partial charge on any atom is -0.305 e. The van der Waals surface area contributed by atoms with Crippen molar-refractivity contribution in [1.29, 1.82) is 0 Å². The quantitative estimate of drug-likeness (QED) is 0.327. The molecule has 0 spiro atoms. The number of imidazole rings is 1. The maximum Gasteiger partial charge on any atom is 0.326 e. The molecule has 0 radical (unpaired) electrons. The smallest absolute Gasteiger partial charge is 0.305 e. The number of nitrogens with one attached hydrogen (secondary N) is 2. The van der Waals surface area contributed by atoms with E-state index in [1.807, 2.05) is 54.6 Å². The molecule has 0 aliphatic carbocycles. The molecule has 2 amide bonds. The molecule has 1 heterocycles. The van der Waals surface area contributed by atoms with Crippen LogP contribution in [0.5, 0.6) is 0 Å². The lowest BCUT2D eigenvalue weighted by Crippen LogP contribution is -2.22. The summed E-state index contributed by atoms with van der Waals surface area (Å²) in [6, 6.07) is 19.0. The third-order valence-electron chi connectivity index (χ3n) is 4.36. The van der Waals surface area contributed by atoms with Gasteiger partial charge in [0.2, 0.25) is 5.95 Å². The van der Waals surface area contributed by atoms with E-state index in [1.165, 1.54) is 4.68 Å². The van der Waals surface area contributed by atoms with Crippen molar-refractivity contribution in [3.8, 4) is 11.3 Å². The molecule has 0 fully saturated rings. The summed E-state index contributed by atoms with van der Waals surface area (Å²) >= 11 is 3.39. The Bertz CT molecular complexity index is 1270. The zero-order chi connectivity index (χ0) is 22.5. The molecule has 160 valence electrons. The molecule has 3 aromatic carbocycles. The number of benzene rings is 3. The number of halogens is 3. The van der Waals surface area contributed by atoms with Crippen LogP contribution in [-0.4, -0.2) is 21.9 Å². The highest BCUT2D eigenvalue weighted by Gasteiger charge is 2.14. The van der Waals surface area contributed by atoms with Crippen molar-refractivity contribution in [2.75, 3.05) is 10.6 Å². The fourth-order valence-electron chi connectivity index (χ4n) is 2.82. The molecular formula is C23H16BrF2N5O. The van der Waals surface area contributed by atoms with Crippen LogP contribution in [0.3, 0.4) is 0 Å². The van der Waals surface area contributed by atoms with Crippen molar-refractivity contribution in [3.05, 3.63) is 101 Å². The van der Waals surface area contributed by atoms with Gasteiger partial charge in [-0.25, -0.2) is 23.2 Å². The van der Waals surface area contributed by atoms with Gasteiger partial charge < -0.3 is 5.32 Å². The first-order valence-corrected chi connectivity index (χ1v) is 10.2. The van der Waals surface area contributed by atoms with Gasteiger partial charge in [-0.2, -0.15) is 5.10 Å². The Kier molecular flexibility index (Phi) is 6.37. The molecule has 4 aromatic rings. The Morgan fingerprint density at radius 3 is 2.47 bits per heavy atom. The van der Waals surface area contributed by atoms with Crippen LogP contribution >= 0.6 is 15.9 Å². The lowest BCUT2D eigenvalue weighted by molar-refractivity contribution is 0.262. The van der Waals surface area contributed by atoms with E-state index < -0.39 is 17.7 Å². The fourth-order valence-corrected chi connectivity index (χ4v) is 3.08. The van der Waals surface area contributed by atoms with Gasteiger partial charge in [0.15, 0.2) is 0 Å². The number of carbonyl (C=O) groups is 1. The molecule has 6 nitrogen and oxygen atoms in total. The first-order chi connectivity index (χ1) is 15.5. The normalized spacial score (nSPS) is 11.0. The summed E-state index contributed by atoms with van der Waals surface area (Å²) in [5.74, 6) is -1.50. The van der Waals surface area contributed by atoms with Crippen LogP contribution in [0.25, 0.3) is 11.3 Å². The zero-order valence-electron chi connectivity index (χ0n) is 16.5. The van der Waals surface area contributed by atoms with E-state index in [-0.39, 0.29) is 11.6 Å². The number of hydrogen-bond donors (Lipinski definition) is 2. The van der Waals surface area contributed by atoms with Crippen LogP contribution in [0.15, 0.2) is 88.6 Å². The second-order valence-electron chi connectivity index (χ2n) is 6.66. The lowest BCUT2D eigenvalue weighted by Gasteiger charge is -2.08. The molecule has 1 aromatic heterocycles. The number of rotatable bonds is 5. The minimum absolute atomic E-state index is 0.120. The first-order valence-electron chi connectivity index (χ1n) is 9.46. The molecule has 9 heteroatoms. The molecule has 0 aliphatic rings. The van der Waals surface area contributed by atoms with Gasteiger partial charge >= 0.3 is 6.03 Å². The second-order valence-corrected chi connectivity index (χ2v) is 7.58. The van der Waals surface area contributed by atoms with Crippen molar-refractivity contribution in [2.45, 2.75) is 0 Å². The number of amides is 2. The summed E-state index contributed by atoms with van der Waals surface area (Å²) < 4.78 is 29.3. The number of carbonyl (C=O) groups excluding carboxylic acids is 1. The summed E-state index contributed by atoms with van der Waals surface area (Å²) in [4.78, 5) is 16.9. The molecule has 0 unspecified atom stereocenters. The predicted molar refractivity (Wildman–Crippen MR) is 124 cm³/mol. The summed E-state index contributed by atoms with van der Waals surface area (Å²) in [5.41, 5.74) is 2.08. The number of nitrogens with zero attached hydrogens (tertiary/aromatic N) is 3. The molecule has 0 atom stereocenters. The maximum atomic E-state index is 13.9. The standard InChI is InChI=1S/C23H16BrF2N5O/c24-17-8-6-16(7-9-17)21-14-31(27-13-15-4-2-1-3-5-15)22(28-21)30-23(32)29-20-11-10-18(25)12-19(20)26/h1-14H,(H2,28,29,30,32). The van der Waals surface area contributed by atoms with Crippen molar-refractivity contribution >= 4 is 39.8 Å². The van der Waals surface area contributed by atoms with E-state index in [0.717, 1.165) is 27.7 Å². The third-order valence-corrected chi connectivity index (χ3v) is 4.89. The van der Waals surface area contributed by atoms with Gasteiger partial charge in [0.1, 0.15) is 11.6 Å². The largest absolute Gasteiger partial charge is 0.326 e. The summed E-state index contributed by atoms with van der Waals surface area (Å²) in [5, 5.41) is 9.28. The van der Waals surface area contributed by atoms with E-state index in [1.54, 1.807) is 12.4 Å². The third kappa shape index (κ3) is 5.25. The van der Waals surface area contributed by atoms with Crippen molar-refractivity contribution in [2.24, 2.45) is 5.10 Å². The van der Waals surface area contributed by atoms with E-state index in [0.29, 0.717) is 11.8 Å². The van der Waals surface area contributed by atoms with Crippen LogP contribution in [0.1, 0.15) is 5.56 Å². The van der Waals surface area contributed by atoms with Gasteiger partial charge in [0, 0.05) is 16.1 Å². The monoisotopic (exact) mass is 495 g/mol. The highest BCUT2D eigenvalue weighted by Crippen LogP contribution is 2.23. The summed E-state index contributed by atoms with van der Waals surface area (Å²) in [6.45, 7) is 0. The van der Waals surface area contributed by atoms with Gasteiger partial charge in [-0.3, -0.25) is 5.32 Å². The lowest BCUT2D eigenvalue weighted by atomic mass is 10.2. The van der Waals surface area contributed by atoms with Crippen molar-refractivity contribution < 1.29 is 13.6 Å². The Labute approximate surface area is 190 Å². The first kappa shape index (κ1) is 21.4. The van der Waals surface area contributed by atoms with Crippen LogP contribution < -0.4 is 10.6 Å². The number of hydrogen-bond acceptors (Lipinski definition) is 3. The van der Waals surface area contributed by atoms with Crippen LogP contribution in [-0.2, 0) is 0 Å². The molecule has 0 aliphatic heterocycles. The van der Waals surface area contributed by atoms with E-state index >= 15 is 0 Å². The van der Waals surface area contributed by atoms with Crippen molar-refractivity contribution in [1.82, 2.24) is 9.66 Å². The molecule has 0 saturated carbocycles. The van der Waals surface area contributed by atoms with Crippen LogP contribution in [0, 0.1) is 11.6 Å². The van der Waals surface area contributed by atoms with E-state index in [4.69, 9.17) is 0 Å². The van der Waals surface area contributed by atoms with Gasteiger partial charge in [-0.1, -0.05) is 58.4 Å². The Hall–Kier alpha value is -3.85. The van der Waals surface area contributed by atoms with Crippen LogP contribution in [0.2, 0.25) is 0 Å². The molecule has 4 rings (SSSR count). The number of anilines is 2. The Balaban J connectivity index is 1.61. The number of aromatic nitrogens is 2. The molecular weight excluding hydrogens is 480 g/mol. The topological polar surface area (TPSA) is 71.3 Å². The van der Waals surface area contributed by atoms with Gasteiger partial charge in [-0.05, 0) is 29.8 Å². The molecule has 0 saturated heterocycles. The molecule has 2 N–H and O–H groups in total. The molecule has 32 heavy (non-hydrogen) atoms. The number of urea groups is 1. The van der Waals surface area contributed by atoms with E-state index in [9.17, 15) is 13.6 Å². The van der Waals surface area contributed by atoms with Gasteiger partial charge in [0.25, 0.3) is 0 Å². The second kappa shape index (κ2) is 9.52. The highest BCUT2D eigenvalue weighted by molar-refractivity contribution is 9.10. The van der Waals surface area contributed by atoms with Crippen molar-refractivity contribution in [3.63, 3.8) is 0 Å². The molecule has 0 bridgehead atoms. The SMILES string of the molecule is O=C(Nc1ccc(F)cc1F)Nc1nc(-c2ccc(Br)cc2)cn1N=Cc1ccccc1. The Morgan fingerprint density at radius 2 is 1.75 bits per heavy atom. The highest BCUT2D eigenvalue weighted by atomic mass is 79.9. The minimum atomic E-state index is -0.888. The van der Waals surface area contributed by atoms with E-state index in [2.05, 4.69) is 36.6 Å². The predicted octanol–water partition coefficient (Wildman–Crippen LogP) is 6.12. The van der Waals surface area contributed by atoms with Crippen LogP contribution in [0.4, 0.5) is 25.2 Å². The average molecular weight is 496 g/mol. The summed E-state index contributed by atoms with van der Waals surface area (Å²) in [7, 11) is 0. The van der Waals surface area contributed by atoms with Gasteiger partial charge in [0.05, 0.1) is 23.8 Å². The Morgan fingerprint density at radius 1 is 1.00 bits per heavy atom. The maximum absolute atomic E-state index is 13.9. The summed E-state index contributed by atoms with van der Waals surface area (Å²) in [6.07, 6.45) is 3.28. The van der Waals surface area contributed by atoms with Gasteiger partial charge in [-0.15, -0.1) is 0 Å². The zero-order valence-corrected chi connectivity index (χ0v) is 18.1. The fraction of sp³-hybridized carbons (Fsp3) is 0.